The molecule has 1 aliphatic heterocycles. The van der Waals surface area contributed by atoms with Crippen LogP contribution in [0, 0.1) is 5.41 Å². The first-order valence-electron chi connectivity index (χ1n) is 18.0. The summed E-state index contributed by atoms with van der Waals surface area (Å²) in [7, 11) is 0. The van der Waals surface area contributed by atoms with E-state index in [1.54, 1.807) is 0 Å². The Morgan fingerprint density at radius 3 is 2.21 bits per heavy atom. The molecule has 0 aliphatic carbocycles. The van der Waals surface area contributed by atoms with Crippen LogP contribution in [0.3, 0.4) is 0 Å². The van der Waals surface area contributed by atoms with Crippen molar-refractivity contribution in [2.45, 2.75) is 98.6 Å². The second-order valence-corrected chi connectivity index (χ2v) is 14.7. The smallest absolute Gasteiger partial charge is 0.136 e. The van der Waals surface area contributed by atoms with Crippen LogP contribution in [-0.2, 0) is 18.3 Å². The molecule has 0 radical (unpaired) electrons. The van der Waals surface area contributed by atoms with Crippen molar-refractivity contribution in [1.82, 2.24) is 0 Å². The summed E-state index contributed by atoms with van der Waals surface area (Å²) in [6.07, 6.45) is 17.6. The lowest BCUT2D eigenvalue weighted by Gasteiger charge is -2.37. The number of aryl methyl sites for hydroxylation is 1. The van der Waals surface area contributed by atoms with E-state index >= 15 is 0 Å². The van der Waals surface area contributed by atoms with Gasteiger partial charge in [0.1, 0.15) is 5.41 Å². The van der Waals surface area contributed by atoms with E-state index in [2.05, 4.69) is 174 Å². The first-order valence-corrected chi connectivity index (χ1v) is 18.0. The van der Waals surface area contributed by atoms with E-state index < -0.39 is 0 Å². The summed E-state index contributed by atoms with van der Waals surface area (Å²) < 4.78 is 5.08. The number of benzene rings is 2. The molecule has 1 aliphatic rings. The second-order valence-electron chi connectivity index (χ2n) is 14.7. The molecule has 1 unspecified atom stereocenters. The topological polar surface area (TPSA) is 7.76 Å². The van der Waals surface area contributed by atoms with Crippen LogP contribution in [0.2, 0.25) is 0 Å². The maximum Gasteiger partial charge on any atom is 0.363 e. The molecule has 48 heavy (non-hydrogen) atoms. The fourth-order valence-electron chi connectivity index (χ4n) is 7.76. The maximum atomic E-state index is 4.60. The quantitative estimate of drug-likeness (QED) is 0.108. The highest BCUT2D eigenvalue weighted by Crippen LogP contribution is 2.46. The normalized spacial score (nSPS) is 15.9. The lowest BCUT2D eigenvalue weighted by Crippen LogP contribution is -2.69. The minimum absolute atomic E-state index is 0.0325. The van der Waals surface area contributed by atoms with Gasteiger partial charge in [0.15, 0.2) is 12.4 Å². The third-order valence-corrected chi connectivity index (χ3v) is 10.3. The van der Waals surface area contributed by atoms with Crippen LogP contribution in [0.15, 0.2) is 128 Å². The molecular weight excluding hydrogens is 581 g/mol. The van der Waals surface area contributed by atoms with Gasteiger partial charge in [0.2, 0.25) is 11.4 Å². The molecule has 3 heterocycles. The van der Waals surface area contributed by atoms with Gasteiger partial charge in [-0.2, -0.15) is 0 Å². The van der Waals surface area contributed by atoms with Gasteiger partial charge < -0.3 is 0 Å². The first-order chi connectivity index (χ1) is 23.1. The standard InChI is InChI=1S/C46H56N2/c1-10-15-20-35-28-30-48-43(32-35)39-21-16-17-22-41(39)46(13-4,14-5)44(48)47-29-19-18-23-42(47)40(37(11-2)12-3)31-34(6)38-26-24-36(25-27-38)33-45(7,8)9/h11-12,16-19,21-32,44H,2,6,10,13-15,20,33H2,1,3-5,7-9H3/q+2. The van der Waals surface area contributed by atoms with Gasteiger partial charge in [-0.3, -0.25) is 0 Å². The Morgan fingerprint density at radius 2 is 1.56 bits per heavy atom. The maximum absolute atomic E-state index is 4.60. The molecule has 4 aromatic rings. The molecule has 0 spiro atoms. The Kier molecular flexibility index (Phi) is 10.8. The Hall–Kier alpha value is -4.30. The number of unbranched alkanes of at least 4 members (excludes halogenated alkanes) is 1. The fourth-order valence-corrected chi connectivity index (χ4v) is 7.76. The minimum atomic E-state index is -0.116. The number of allylic oxidation sites excluding steroid dienone is 6. The molecule has 5 rings (SSSR count). The van der Waals surface area contributed by atoms with E-state index in [1.807, 2.05) is 6.08 Å². The Bertz CT molecular complexity index is 1820. The Balaban J connectivity index is 1.71. The van der Waals surface area contributed by atoms with Crippen molar-refractivity contribution in [2.75, 3.05) is 0 Å². The highest BCUT2D eigenvalue weighted by molar-refractivity contribution is 5.89. The highest BCUT2D eigenvalue weighted by atomic mass is 15.2. The zero-order valence-electron chi connectivity index (χ0n) is 30.5. The predicted molar refractivity (Wildman–Crippen MR) is 205 cm³/mol. The average molecular weight is 637 g/mol. The number of hydrogen-bond donors (Lipinski definition) is 0. The number of pyridine rings is 2. The van der Waals surface area contributed by atoms with Gasteiger partial charge in [0, 0.05) is 24.3 Å². The van der Waals surface area contributed by atoms with Gasteiger partial charge >= 0.3 is 6.17 Å². The van der Waals surface area contributed by atoms with E-state index in [0.29, 0.717) is 0 Å². The minimum Gasteiger partial charge on any atom is -0.136 e. The molecule has 248 valence electrons. The number of aromatic nitrogens is 2. The van der Waals surface area contributed by atoms with E-state index in [-0.39, 0.29) is 17.0 Å². The largest absolute Gasteiger partial charge is 0.363 e. The zero-order valence-corrected chi connectivity index (χ0v) is 30.5. The van der Waals surface area contributed by atoms with Crippen LogP contribution in [0.5, 0.6) is 0 Å². The summed E-state index contributed by atoms with van der Waals surface area (Å²) in [6.45, 7) is 24.8. The van der Waals surface area contributed by atoms with E-state index in [4.69, 9.17) is 0 Å². The van der Waals surface area contributed by atoms with Gasteiger partial charge in [-0.25, -0.2) is 0 Å². The van der Waals surface area contributed by atoms with Crippen molar-refractivity contribution in [3.05, 3.63) is 156 Å². The van der Waals surface area contributed by atoms with Crippen LogP contribution in [0.1, 0.15) is 108 Å². The summed E-state index contributed by atoms with van der Waals surface area (Å²) in [4.78, 5) is 0. The van der Waals surface area contributed by atoms with Gasteiger partial charge in [-0.1, -0.05) is 116 Å². The van der Waals surface area contributed by atoms with Crippen LogP contribution < -0.4 is 9.13 Å². The summed E-state index contributed by atoms with van der Waals surface area (Å²) >= 11 is 0. The summed E-state index contributed by atoms with van der Waals surface area (Å²) in [5.41, 5.74) is 12.5. The van der Waals surface area contributed by atoms with Crippen LogP contribution >= 0.6 is 0 Å². The SMILES string of the molecule is C=CC(=CC)C(=CC(=C)c1ccc(CC(C)(C)C)cc1)c1cccc[n+]1C1[n+]2ccc(CCCC)cc2-c2ccccc2C1(CC)CC. The lowest BCUT2D eigenvalue weighted by molar-refractivity contribution is -0.951. The second kappa shape index (κ2) is 14.9. The fraction of sp³-hybridized carbons (Fsp3) is 0.348. The van der Waals surface area contributed by atoms with Crippen molar-refractivity contribution in [2.24, 2.45) is 5.41 Å². The molecule has 2 nitrogen and oxygen atoms in total. The summed E-state index contributed by atoms with van der Waals surface area (Å²) in [6, 6.07) is 29.5. The number of hydrogen-bond acceptors (Lipinski definition) is 0. The summed E-state index contributed by atoms with van der Waals surface area (Å²) in [5.74, 6) is 0. The van der Waals surface area contributed by atoms with Crippen LogP contribution in [0.25, 0.3) is 22.4 Å². The molecule has 0 fully saturated rings. The molecule has 2 aromatic carbocycles. The predicted octanol–water partition coefficient (Wildman–Crippen LogP) is 11.2. The average Bonchev–Trinajstić information content (AvgIpc) is 3.09. The van der Waals surface area contributed by atoms with Crippen molar-refractivity contribution < 1.29 is 9.13 Å². The number of rotatable bonds is 12. The van der Waals surface area contributed by atoms with E-state index in [0.717, 1.165) is 53.7 Å². The molecule has 0 amide bonds. The number of nitrogens with zero attached hydrogens (tertiary/aromatic N) is 2. The third-order valence-electron chi connectivity index (χ3n) is 10.3. The Labute approximate surface area is 290 Å². The van der Waals surface area contributed by atoms with E-state index in [9.17, 15) is 0 Å². The monoisotopic (exact) mass is 636 g/mol. The molecule has 0 N–H and O–H groups in total. The third kappa shape index (κ3) is 6.95. The molecule has 0 saturated heterocycles. The first kappa shape index (κ1) is 35.0. The lowest BCUT2D eigenvalue weighted by atomic mass is 9.68. The molecule has 0 saturated carbocycles. The van der Waals surface area contributed by atoms with Crippen molar-refractivity contribution in [3.8, 4) is 11.3 Å². The van der Waals surface area contributed by atoms with Crippen molar-refractivity contribution >= 4 is 11.1 Å². The molecule has 2 heteroatoms. The van der Waals surface area contributed by atoms with E-state index in [1.165, 1.54) is 40.8 Å². The van der Waals surface area contributed by atoms with Gasteiger partial charge in [0.05, 0.1) is 11.1 Å². The highest BCUT2D eigenvalue weighted by Gasteiger charge is 2.56. The van der Waals surface area contributed by atoms with Crippen molar-refractivity contribution in [1.29, 1.82) is 0 Å². The van der Waals surface area contributed by atoms with Gasteiger partial charge in [-0.15, -0.1) is 9.13 Å². The van der Waals surface area contributed by atoms with Crippen LogP contribution in [0.4, 0.5) is 0 Å². The number of fused-ring (bicyclic) bond motifs is 3. The van der Waals surface area contributed by atoms with Crippen molar-refractivity contribution in [3.63, 3.8) is 0 Å². The summed E-state index contributed by atoms with van der Waals surface area (Å²) in [5, 5.41) is 0. The molecule has 0 bridgehead atoms. The molecular formula is C46H56N2+2. The zero-order chi connectivity index (χ0) is 34.5. The Morgan fingerprint density at radius 1 is 0.854 bits per heavy atom. The van der Waals surface area contributed by atoms with Gasteiger partial charge in [-0.05, 0) is 96.1 Å². The van der Waals surface area contributed by atoms with Crippen LogP contribution in [-0.4, -0.2) is 0 Å². The molecule has 1 atom stereocenters. The van der Waals surface area contributed by atoms with Gasteiger partial charge in [0.25, 0.3) is 0 Å². The molecule has 2 aromatic heterocycles.